The quantitative estimate of drug-likeness (QED) is 0.573. The highest BCUT2D eigenvalue weighted by atomic mass is 16.3. The third-order valence-electron chi connectivity index (χ3n) is 3.43. The van der Waals surface area contributed by atoms with Crippen LogP contribution in [0.4, 0.5) is 0 Å². The van der Waals surface area contributed by atoms with Crippen LogP contribution in [0.2, 0.25) is 0 Å². The molecule has 4 nitrogen and oxygen atoms in total. The van der Waals surface area contributed by atoms with Crippen LogP contribution in [0.15, 0.2) is 16.3 Å². The van der Waals surface area contributed by atoms with Gasteiger partial charge in [-0.25, -0.2) is 0 Å². The first-order valence-electron chi connectivity index (χ1n) is 7.04. The minimum atomic E-state index is -0.147. The Hall–Kier alpha value is -1.16. The number of nitrogens with zero attached hydrogens (tertiary/aromatic N) is 1. The summed E-state index contributed by atoms with van der Waals surface area (Å²) >= 11 is 0. The second kappa shape index (κ2) is 6.85. The van der Waals surface area contributed by atoms with Gasteiger partial charge in [-0.1, -0.05) is 20.3 Å². The zero-order chi connectivity index (χ0) is 14.5. The summed E-state index contributed by atoms with van der Waals surface area (Å²) < 4.78 is 0. The summed E-state index contributed by atoms with van der Waals surface area (Å²) in [5.74, 6) is 0.210. The van der Waals surface area contributed by atoms with Crippen LogP contribution in [-0.2, 0) is 4.79 Å². The molecule has 0 heterocycles. The van der Waals surface area contributed by atoms with E-state index in [4.69, 9.17) is 5.73 Å². The molecule has 0 radical (unpaired) electrons. The van der Waals surface area contributed by atoms with E-state index in [0.717, 1.165) is 19.3 Å². The molecule has 0 fully saturated rings. The van der Waals surface area contributed by atoms with Gasteiger partial charge in [-0.2, -0.15) is 0 Å². The fraction of sp³-hybridized carbons (Fsp3) is 0.733. The van der Waals surface area contributed by atoms with Gasteiger partial charge in [-0.15, -0.1) is 0 Å². The lowest BCUT2D eigenvalue weighted by Crippen LogP contribution is -2.28. The maximum absolute atomic E-state index is 12.1. The Morgan fingerprint density at radius 1 is 1.32 bits per heavy atom. The molecule has 0 unspecified atom stereocenters. The van der Waals surface area contributed by atoms with Gasteiger partial charge in [0.15, 0.2) is 5.78 Å². The lowest BCUT2D eigenvalue weighted by molar-refractivity contribution is -0.117. The molecule has 0 saturated heterocycles. The zero-order valence-electron chi connectivity index (χ0n) is 12.3. The van der Waals surface area contributed by atoms with Gasteiger partial charge in [0.2, 0.25) is 0 Å². The molecule has 0 bridgehead atoms. The SMILES string of the molecule is CC(=NCCCCCN)C1=C(O)CC(C)(C)CC1=O. The van der Waals surface area contributed by atoms with Gasteiger partial charge in [-0.3, -0.25) is 9.79 Å². The fourth-order valence-electron chi connectivity index (χ4n) is 2.46. The first-order chi connectivity index (χ1) is 8.87. The number of aliphatic hydroxyl groups excluding tert-OH is 1. The highest BCUT2D eigenvalue weighted by molar-refractivity contribution is 6.22. The Morgan fingerprint density at radius 2 is 2.00 bits per heavy atom. The minimum absolute atomic E-state index is 0.0111. The van der Waals surface area contributed by atoms with E-state index < -0.39 is 0 Å². The summed E-state index contributed by atoms with van der Waals surface area (Å²) in [7, 11) is 0. The van der Waals surface area contributed by atoms with Crippen molar-refractivity contribution in [3.63, 3.8) is 0 Å². The molecule has 3 N–H and O–H groups in total. The minimum Gasteiger partial charge on any atom is -0.511 e. The molecule has 0 amide bonds. The Bertz CT molecular complexity index is 395. The lowest BCUT2D eigenvalue weighted by atomic mass is 9.76. The summed E-state index contributed by atoms with van der Waals surface area (Å²) in [6.45, 7) is 7.21. The number of unbranched alkanes of at least 4 members (excludes halogenated alkanes) is 2. The van der Waals surface area contributed by atoms with E-state index in [2.05, 4.69) is 4.99 Å². The number of carbonyl (C=O) groups is 1. The van der Waals surface area contributed by atoms with Crippen LogP contribution < -0.4 is 5.73 Å². The molecule has 4 heteroatoms. The van der Waals surface area contributed by atoms with Crippen LogP contribution in [0, 0.1) is 5.41 Å². The zero-order valence-corrected chi connectivity index (χ0v) is 12.3. The van der Waals surface area contributed by atoms with E-state index >= 15 is 0 Å². The maximum atomic E-state index is 12.1. The average molecular weight is 266 g/mol. The van der Waals surface area contributed by atoms with Crippen molar-refractivity contribution in [2.75, 3.05) is 13.1 Å². The van der Waals surface area contributed by atoms with E-state index in [0.29, 0.717) is 37.2 Å². The number of hydrogen-bond acceptors (Lipinski definition) is 4. The molecule has 108 valence electrons. The van der Waals surface area contributed by atoms with E-state index in [1.807, 2.05) is 20.8 Å². The fourth-order valence-corrected chi connectivity index (χ4v) is 2.46. The Kier molecular flexibility index (Phi) is 5.73. The van der Waals surface area contributed by atoms with Crippen molar-refractivity contribution in [3.05, 3.63) is 11.3 Å². The van der Waals surface area contributed by atoms with Crippen molar-refractivity contribution in [2.45, 2.75) is 52.9 Å². The topological polar surface area (TPSA) is 75.7 Å². The van der Waals surface area contributed by atoms with Gasteiger partial charge in [0.25, 0.3) is 0 Å². The second-order valence-electron chi connectivity index (χ2n) is 6.08. The van der Waals surface area contributed by atoms with Crippen molar-refractivity contribution in [2.24, 2.45) is 16.1 Å². The van der Waals surface area contributed by atoms with Gasteiger partial charge >= 0.3 is 0 Å². The van der Waals surface area contributed by atoms with Crippen LogP contribution in [0.5, 0.6) is 0 Å². The number of aliphatic imine (C=N–C) groups is 1. The summed E-state index contributed by atoms with van der Waals surface area (Å²) in [5.41, 5.74) is 6.40. The largest absolute Gasteiger partial charge is 0.511 e. The van der Waals surface area contributed by atoms with Gasteiger partial charge in [-0.05, 0) is 31.7 Å². The molecule has 19 heavy (non-hydrogen) atoms. The van der Waals surface area contributed by atoms with Gasteiger partial charge in [0.1, 0.15) is 5.76 Å². The average Bonchev–Trinajstić information content (AvgIpc) is 2.25. The monoisotopic (exact) mass is 266 g/mol. The molecular weight excluding hydrogens is 240 g/mol. The van der Waals surface area contributed by atoms with Crippen LogP contribution in [-0.4, -0.2) is 29.7 Å². The van der Waals surface area contributed by atoms with Crippen LogP contribution in [0.1, 0.15) is 52.9 Å². The van der Waals surface area contributed by atoms with Crippen LogP contribution in [0.25, 0.3) is 0 Å². The van der Waals surface area contributed by atoms with E-state index in [1.54, 1.807) is 0 Å². The number of aliphatic hydroxyl groups is 1. The second-order valence-corrected chi connectivity index (χ2v) is 6.08. The molecule has 0 aromatic heterocycles. The first-order valence-corrected chi connectivity index (χ1v) is 7.04. The van der Waals surface area contributed by atoms with Crippen LogP contribution in [0.3, 0.4) is 0 Å². The predicted octanol–water partition coefficient (Wildman–Crippen LogP) is 2.78. The Balaban J connectivity index is 2.67. The molecule has 0 aromatic rings. The molecule has 0 atom stereocenters. The number of Topliss-reactive ketones (excluding diaryl/α,β-unsaturated/α-hetero) is 1. The molecule has 0 saturated carbocycles. The summed E-state index contributed by atoms with van der Waals surface area (Å²) in [5, 5.41) is 10.0. The molecule has 0 aromatic carbocycles. The number of allylic oxidation sites excluding steroid dienone is 2. The van der Waals surface area contributed by atoms with Crippen molar-refractivity contribution < 1.29 is 9.90 Å². The first kappa shape index (κ1) is 15.9. The maximum Gasteiger partial charge on any atom is 0.168 e. The van der Waals surface area contributed by atoms with Gasteiger partial charge in [0, 0.05) is 25.1 Å². The Labute approximate surface area is 115 Å². The molecule has 1 rings (SSSR count). The third kappa shape index (κ3) is 4.78. The Morgan fingerprint density at radius 3 is 2.58 bits per heavy atom. The van der Waals surface area contributed by atoms with E-state index in [-0.39, 0.29) is 17.0 Å². The van der Waals surface area contributed by atoms with Crippen molar-refractivity contribution in [3.8, 4) is 0 Å². The van der Waals surface area contributed by atoms with Gasteiger partial charge in [0.05, 0.1) is 5.57 Å². The number of ketones is 1. The van der Waals surface area contributed by atoms with Crippen molar-refractivity contribution in [1.29, 1.82) is 0 Å². The highest BCUT2D eigenvalue weighted by Gasteiger charge is 2.33. The van der Waals surface area contributed by atoms with Crippen molar-refractivity contribution in [1.82, 2.24) is 0 Å². The standard InChI is InChI=1S/C15H26N2O2/c1-11(17-8-6-4-5-7-16)14-12(18)9-15(2,3)10-13(14)19/h18H,4-10,16H2,1-3H3. The van der Waals surface area contributed by atoms with Crippen LogP contribution >= 0.6 is 0 Å². The highest BCUT2D eigenvalue weighted by Crippen LogP contribution is 2.36. The molecule has 0 spiro atoms. The number of nitrogens with two attached hydrogens (primary N) is 1. The molecule has 1 aliphatic rings. The third-order valence-corrected chi connectivity index (χ3v) is 3.43. The predicted molar refractivity (Wildman–Crippen MR) is 78.6 cm³/mol. The summed E-state index contributed by atoms with van der Waals surface area (Å²) in [6, 6.07) is 0. The summed E-state index contributed by atoms with van der Waals surface area (Å²) in [4.78, 5) is 16.5. The number of hydrogen-bond donors (Lipinski definition) is 2. The molecule has 0 aliphatic heterocycles. The lowest BCUT2D eigenvalue weighted by Gasteiger charge is -2.29. The summed E-state index contributed by atoms with van der Waals surface area (Å²) in [6.07, 6.45) is 4.07. The molecule has 1 aliphatic carbocycles. The van der Waals surface area contributed by atoms with Crippen molar-refractivity contribution >= 4 is 11.5 Å². The number of rotatable bonds is 6. The van der Waals surface area contributed by atoms with E-state index in [9.17, 15) is 9.90 Å². The molecular formula is C15H26N2O2. The number of carbonyl (C=O) groups excluding carboxylic acids is 1. The normalized spacial score (nSPS) is 20.0. The smallest absolute Gasteiger partial charge is 0.168 e. The van der Waals surface area contributed by atoms with Gasteiger partial charge < -0.3 is 10.8 Å². The van der Waals surface area contributed by atoms with E-state index in [1.165, 1.54) is 0 Å².